The third-order valence-corrected chi connectivity index (χ3v) is 7.97. The SMILES string of the molecule is CCS(=O)(=O)C(C)N(c1cc(Br)c(C(=O)c2ccc(Cl)cc2)cc1F)S(=O)[O-]. The molecule has 0 radical (unpaired) electrons. The summed E-state index contributed by atoms with van der Waals surface area (Å²) in [5, 5.41) is -1.09. The lowest BCUT2D eigenvalue weighted by Gasteiger charge is -2.32. The number of ketones is 1. The van der Waals surface area contributed by atoms with Crippen LogP contribution < -0.4 is 4.31 Å². The molecule has 0 aliphatic carbocycles. The third kappa shape index (κ3) is 4.80. The zero-order chi connectivity index (χ0) is 21.2. The fourth-order valence-corrected chi connectivity index (χ4v) is 5.09. The smallest absolute Gasteiger partial charge is 0.194 e. The lowest BCUT2D eigenvalue weighted by molar-refractivity contribution is 0.103. The van der Waals surface area contributed by atoms with Crippen molar-refractivity contribution in [1.29, 1.82) is 0 Å². The summed E-state index contributed by atoms with van der Waals surface area (Å²) >= 11 is 5.86. The predicted molar refractivity (Wildman–Crippen MR) is 109 cm³/mol. The number of rotatable bonds is 7. The van der Waals surface area contributed by atoms with Crippen molar-refractivity contribution in [2.45, 2.75) is 19.2 Å². The van der Waals surface area contributed by atoms with Gasteiger partial charge in [-0.1, -0.05) is 18.5 Å². The predicted octanol–water partition coefficient (Wildman–Crippen LogP) is 3.85. The zero-order valence-corrected chi connectivity index (χ0v) is 18.7. The van der Waals surface area contributed by atoms with Crippen LogP contribution in [0.5, 0.6) is 0 Å². The molecule has 0 fully saturated rings. The Morgan fingerprint density at radius 1 is 1.32 bits per heavy atom. The Bertz CT molecular complexity index is 1030. The van der Waals surface area contributed by atoms with Gasteiger partial charge in [-0.15, -0.1) is 0 Å². The van der Waals surface area contributed by atoms with Gasteiger partial charge >= 0.3 is 0 Å². The molecule has 2 rings (SSSR count). The Kier molecular flexibility index (Phi) is 7.38. The highest BCUT2D eigenvalue weighted by atomic mass is 79.9. The number of hydrogen-bond acceptors (Lipinski definition) is 5. The Balaban J connectivity index is 2.53. The van der Waals surface area contributed by atoms with Gasteiger partial charge in [0.2, 0.25) is 0 Å². The van der Waals surface area contributed by atoms with Gasteiger partial charge < -0.3 is 4.55 Å². The van der Waals surface area contributed by atoms with E-state index in [1.165, 1.54) is 31.2 Å². The summed E-state index contributed by atoms with van der Waals surface area (Å²) in [6, 6.07) is 7.88. The Morgan fingerprint density at radius 3 is 2.39 bits per heavy atom. The van der Waals surface area contributed by atoms with Crippen LogP contribution in [-0.4, -0.2) is 34.1 Å². The molecule has 0 bridgehead atoms. The number of nitrogens with zero attached hydrogens (tertiary/aromatic N) is 1. The van der Waals surface area contributed by atoms with Crippen LogP contribution in [0.25, 0.3) is 0 Å². The van der Waals surface area contributed by atoms with Gasteiger partial charge in [0, 0.05) is 37.6 Å². The molecule has 11 heteroatoms. The molecule has 2 atom stereocenters. The molecular weight excluding hydrogens is 497 g/mol. The van der Waals surface area contributed by atoms with Gasteiger partial charge in [-0.05, 0) is 59.3 Å². The van der Waals surface area contributed by atoms with E-state index in [1.807, 2.05) is 0 Å². The minimum absolute atomic E-state index is 0.0498. The van der Waals surface area contributed by atoms with Crippen LogP contribution in [-0.2, 0) is 21.1 Å². The summed E-state index contributed by atoms with van der Waals surface area (Å²) in [7, 11) is -3.82. The minimum atomic E-state index is -3.82. The average molecular weight is 512 g/mol. The van der Waals surface area contributed by atoms with E-state index in [-0.39, 0.29) is 21.4 Å². The first-order chi connectivity index (χ1) is 13.0. The summed E-state index contributed by atoms with van der Waals surface area (Å²) in [5.41, 5.74) is -0.285. The molecule has 0 spiro atoms. The van der Waals surface area contributed by atoms with E-state index >= 15 is 0 Å². The quantitative estimate of drug-likeness (QED) is 0.416. The van der Waals surface area contributed by atoms with Gasteiger partial charge in [0.1, 0.15) is 11.2 Å². The second kappa shape index (κ2) is 9.00. The van der Waals surface area contributed by atoms with Crippen LogP contribution in [0.1, 0.15) is 29.8 Å². The largest absolute Gasteiger partial charge is 0.755 e. The topological polar surface area (TPSA) is 94.6 Å². The Hall–Kier alpha value is -1.33. The second-order valence-corrected chi connectivity index (χ2v) is 10.4. The van der Waals surface area contributed by atoms with Crippen LogP contribution >= 0.6 is 27.5 Å². The van der Waals surface area contributed by atoms with Gasteiger partial charge in [0.25, 0.3) is 0 Å². The van der Waals surface area contributed by atoms with E-state index in [1.54, 1.807) is 0 Å². The molecule has 0 N–H and O–H groups in total. The van der Waals surface area contributed by atoms with Gasteiger partial charge in [0.15, 0.2) is 15.6 Å². The Morgan fingerprint density at radius 2 is 1.89 bits per heavy atom. The van der Waals surface area contributed by atoms with Crippen LogP contribution in [0, 0.1) is 5.82 Å². The van der Waals surface area contributed by atoms with E-state index in [0.29, 0.717) is 9.33 Å². The van der Waals surface area contributed by atoms with Crippen LogP contribution in [0.2, 0.25) is 5.02 Å². The highest BCUT2D eigenvalue weighted by Gasteiger charge is 2.30. The standard InChI is InChI=1S/C17H16BrClFNO5S2/c1-3-28(25,26)10(2)21(27(23)24)16-9-14(18)13(8-15(16)20)17(22)11-4-6-12(19)7-5-11/h4-10H,3H2,1-2H3,(H,23,24)/p-1. The molecule has 0 aromatic heterocycles. The van der Waals surface area contributed by atoms with Crippen LogP contribution in [0.3, 0.4) is 0 Å². The number of sulfone groups is 1. The number of anilines is 1. The highest BCUT2D eigenvalue weighted by Crippen LogP contribution is 2.32. The minimum Gasteiger partial charge on any atom is -0.755 e. The fraction of sp³-hybridized carbons (Fsp3) is 0.235. The van der Waals surface area contributed by atoms with Gasteiger partial charge in [0.05, 0.1) is 5.69 Å². The number of hydrogen-bond donors (Lipinski definition) is 0. The number of benzene rings is 2. The third-order valence-electron chi connectivity index (χ3n) is 4.04. The maximum Gasteiger partial charge on any atom is 0.194 e. The molecule has 28 heavy (non-hydrogen) atoms. The van der Waals surface area contributed by atoms with E-state index in [0.717, 1.165) is 19.1 Å². The molecule has 0 heterocycles. The highest BCUT2D eigenvalue weighted by molar-refractivity contribution is 9.10. The molecule has 152 valence electrons. The van der Waals surface area contributed by atoms with Gasteiger partial charge in [-0.25, -0.2) is 12.8 Å². The lowest BCUT2D eigenvalue weighted by Crippen LogP contribution is -2.41. The molecule has 2 aromatic rings. The maximum atomic E-state index is 14.7. The van der Waals surface area contributed by atoms with Crippen LogP contribution in [0.15, 0.2) is 40.9 Å². The summed E-state index contributed by atoms with van der Waals surface area (Å²) in [5.74, 6) is -1.89. The molecule has 0 aliphatic heterocycles. The van der Waals surface area contributed by atoms with Gasteiger partial charge in [-0.2, -0.15) is 0 Å². The normalized spacial score (nSPS) is 13.8. The molecule has 2 aromatic carbocycles. The summed E-state index contributed by atoms with van der Waals surface area (Å²) in [6.07, 6.45) is 0. The van der Waals surface area contributed by atoms with Crippen molar-refractivity contribution < 1.29 is 26.4 Å². The molecule has 0 saturated carbocycles. The molecule has 2 unspecified atom stereocenters. The Labute approximate surface area is 178 Å². The molecular formula is C17H15BrClFNO5S2-. The van der Waals surface area contributed by atoms with Crippen molar-refractivity contribution in [2.75, 3.05) is 10.1 Å². The van der Waals surface area contributed by atoms with E-state index in [2.05, 4.69) is 15.9 Å². The summed E-state index contributed by atoms with van der Waals surface area (Å²) in [4.78, 5) is 12.6. The van der Waals surface area contributed by atoms with E-state index in [4.69, 9.17) is 11.6 Å². The first kappa shape index (κ1) is 23.0. The molecule has 0 amide bonds. The van der Waals surface area contributed by atoms with E-state index < -0.39 is 43.8 Å². The van der Waals surface area contributed by atoms with Crippen molar-refractivity contribution >= 4 is 60.1 Å². The van der Waals surface area contributed by atoms with Crippen molar-refractivity contribution in [3.05, 3.63) is 62.8 Å². The number of halogens is 3. The molecule has 6 nitrogen and oxygen atoms in total. The van der Waals surface area contributed by atoms with Crippen molar-refractivity contribution in [2.24, 2.45) is 0 Å². The fourth-order valence-electron chi connectivity index (χ4n) is 2.42. The van der Waals surface area contributed by atoms with Crippen LogP contribution in [0.4, 0.5) is 10.1 Å². The molecule has 0 saturated heterocycles. The van der Waals surface area contributed by atoms with Gasteiger partial charge in [-0.3, -0.25) is 13.3 Å². The number of carbonyl (C=O) groups excluding carboxylic acids is 1. The van der Waals surface area contributed by atoms with Crippen molar-refractivity contribution in [3.63, 3.8) is 0 Å². The zero-order valence-electron chi connectivity index (χ0n) is 14.7. The average Bonchev–Trinajstić information content (AvgIpc) is 2.64. The summed E-state index contributed by atoms with van der Waals surface area (Å²) < 4.78 is 62.7. The van der Waals surface area contributed by atoms with Crippen molar-refractivity contribution in [3.8, 4) is 0 Å². The molecule has 0 aliphatic rings. The summed E-state index contributed by atoms with van der Waals surface area (Å²) in [6.45, 7) is 2.51. The maximum absolute atomic E-state index is 14.7. The first-order valence-electron chi connectivity index (χ1n) is 7.89. The second-order valence-electron chi connectivity index (χ2n) is 5.71. The number of carbonyl (C=O) groups is 1. The monoisotopic (exact) mass is 510 g/mol. The van der Waals surface area contributed by atoms with E-state index in [9.17, 15) is 26.4 Å². The first-order valence-corrected chi connectivity index (χ1v) is 11.8. The lowest BCUT2D eigenvalue weighted by atomic mass is 10.0. The van der Waals surface area contributed by atoms with Crippen molar-refractivity contribution in [1.82, 2.24) is 0 Å².